The van der Waals surface area contributed by atoms with Crippen molar-refractivity contribution >= 4 is 23.2 Å². The largest absolute Gasteiger partial charge is 0.349 e. The van der Waals surface area contributed by atoms with Gasteiger partial charge in [-0.1, -0.05) is 30.3 Å². The molecule has 0 saturated carbocycles. The fourth-order valence-corrected chi connectivity index (χ4v) is 3.41. The second-order valence-corrected chi connectivity index (χ2v) is 6.70. The fourth-order valence-electron chi connectivity index (χ4n) is 2.70. The van der Waals surface area contributed by atoms with E-state index in [4.69, 9.17) is 0 Å². The molecule has 3 rings (SSSR count). The first-order valence-corrected chi connectivity index (χ1v) is 8.50. The molecule has 0 spiro atoms. The van der Waals surface area contributed by atoms with Gasteiger partial charge in [0.25, 0.3) is 0 Å². The molecule has 2 heterocycles. The average molecular weight is 329 g/mol. The third-order valence-corrected chi connectivity index (χ3v) is 4.85. The summed E-state index contributed by atoms with van der Waals surface area (Å²) in [5.41, 5.74) is 2.05. The fraction of sp³-hybridized carbons (Fsp3) is 0.353. The van der Waals surface area contributed by atoms with Crippen molar-refractivity contribution < 1.29 is 9.59 Å². The molecule has 1 saturated heterocycles. The molecule has 1 atom stereocenters. The maximum atomic E-state index is 12.3. The summed E-state index contributed by atoms with van der Waals surface area (Å²) in [6.45, 7) is 3.41. The van der Waals surface area contributed by atoms with Crippen LogP contribution < -0.4 is 5.32 Å². The van der Waals surface area contributed by atoms with Crippen LogP contribution in [-0.4, -0.2) is 28.2 Å². The summed E-state index contributed by atoms with van der Waals surface area (Å²) in [6, 6.07) is 9.84. The predicted octanol–water partition coefficient (Wildman–Crippen LogP) is 2.12. The number of nitrogens with zero attached hydrogens (tertiary/aromatic N) is 2. The summed E-state index contributed by atoms with van der Waals surface area (Å²) in [6.07, 6.45) is 0.287. The van der Waals surface area contributed by atoms with Crippen LogP contribution in [0, 0.1) is 12.8 Å². The molecular formula is C17H19N3O2S. The number of carbonyl (C=O) groups excluding carboxylic acids is 2. The summed E-state index contributed by atoms with van der Waals surface area (Å²) in [5, 5.41) is 5.74. The van der Waals surface area contributed by atoms with Crippen LogP contribution in [0.4, 0.5) is 0 Å². The van der Waals surface area contributed by atoms with Gasteiger partial charge in [-0.25, -0.2) is 4.98 Å². The van der Waals surface area contributed by atoms with E-state index < -0.39 is 0 Å². The summed E-state index contributed by atoms with van der Waals surface area (Å²) in [5.74, 6) is -0.298. The summed E-state index contributed by atoms with van der Waals surface area (Å²) in [4.78, 5) is 30.4. The number of carbonyl (C=O) groups is 2. The minimum atomic E-state index is -0.271. The van der Waals surface area contributed by atoms with E-state index in [1.165, 1.54) is 11.3 Å². The number of aryl methyl sites for hydroxylation is 1. The lowest BCUT2D eigenvalue weighted by Crippen LogP contribution is -2.32. The Kier molecular flexibility index (Phi) is 4.71. The molecule has 2 amide bonds. The molecule has 1 aromatic heterocycles. The molecule has 2 aromatic rings. The van der Waals surface area contributed by atoms with E-state index in [1.807, 2.05) is 42.6 Å². The van der Waals surface area contributed by atoms with Gasteiger partial charge in [0.2, 0.25) is 11.8 Å². The third-order valence-electron chi connectivity index (χ3n) is 3.88. The number of likely N-dealkylation sites (tertiary alicyclic amines) is 1. The molecule has 0 aliphatic carbocycles. The number of hydrogen-bond acceptors (Lipinski definition) is 4. The number of thiazole rings is 1. The second kappa shape index (κ2) is 6.91. The Bertz CT molecular complexity index is 699. The van der Waals surface area contributed by atoms with E-state index in [-0.39, 0.29) is 24.2 Å². The monoisotopic (exact) mass is 329 g/mol. The average Bonchev–Trinajstić information content (AvgIpc) is 3.12. The van der Waals surface area contributed by atoms with Crippen molar-refractivity contribution in [2.24, 2.45) is 5.92 Å². The minimum absolute atomic E-state index is 0.0408. The first-order chi connectivity index (χ1) is 11.1. The molecular weight excluding hydrogens is 310 g/mol. The van der Waals surface area contributed by atoms with Crippen molar-refractivity contribution in [2.45, 2.75) is 26.4 Å². The molecule has 0 bridgehead atoms. The van der Waals surface area contributed by atoms with E-state index in [0.29, 0.717) is 19.6 Å². The van der Waals surface area contributed by atoms with Crippen molar-refractivity contribution in [1.82, 2.24) is 15.2 Å². The van der Waals surface area contributed by atoms with Crippen LogP contribution in [0.2, 0.25) is 0 Å². The second-order valence-electron chi connectivity index (χ2n) is 5.76. The van der Waals surface area contributed by atoms with Crippen molar-refractivity contribution in [3.05, 3.63) is 52.0 Å². The minimum Gasteiger partial charge on any atom is -0.349 e. The molecule has 0 radical (unpaired) electrons. The van der Waals surface area contributed by atoms with Gasteiger partial charge in [-0.05, 0) is 12.5 Å². The standard InChI is InChI=1S/C17H19N3O2S/c1-12-11-23-15(19-12)8-18-17(22)14-7-16(21)20(10-14)9-13-5-3-2-4-6-13/h2-6,11,14H,7-10H2,1H3,(H,18,22)/t14-/m1/s1. The lowest BCUT2D eigenvalue weighted by atomic mass is 10.1. The number of amides is 2. The van der Waals surface area contributed by atoms with Gasteiger partial charge in [-0.15, -0.1) is 11.3 Å². The summed E-state index contributed by atoms with van der Waals surface area (Å²) >= 11 is 1.53. The molecule has 6 heteroatoms. The van der Waals surface area contributed by atoms with Crippen molar-refractivity contribution in [1.29, 1.82) is 0 Å². The Balaban J connectivity index is 1.53. The Morgan fingerprint density at radius 2 is 2.17 bits per heavy atom. The van der Waals surface area contributed by atoms with Gasteiger partial charge in [0.15, 0.2) is 0 Å². The maximum absolute atomic E-state index is 12.3. The smallest absolute Gasteiger partial charge is 0.225 e. The van der Waals surface area contributed by atoms with Crippen molar-refractivity contribution in [3.8, 4) is 0 Å². The van der Waals surface area contributed by atoms with Gasteiger partial charge in [-0.2, -0.15) is 0 Å². The number of benzene rings is 1. The predicted molar refractivity (Wildman–Crippen MR) is 88.7 cm³/mol. The van der Waals surface area contributed by atoms with Gasteiger partial charge in [0.05, 0.1) is 12.5 Å². The zero-order chi connectivity index (χ0) is 16.2. The van der Waals surface area contributed by atoms with Gasteiger partial charge >= 0.3 is 0 Å². The zero-order valence-corrected chi connectivity index (χ0v) is 13.8. The molecule has 5 nitrogen and oxygen atoms in total. The quantitative estimate of drug-likeness (QED) is 0.914. The lowest BCUT2D eigenvalue weighted by molar-refractivity contribution is -0.129. The highest BCUT2D eigenvalue weighted by atomic mass is 32.1. The highest BCUT2D eigenvalue weighted by Gasteiger charge is 2.34. The van der Waals surface area contributed by atoms with Crippen LogP contribution in [0.1, 0.15) is 22.7 Å². The van der Waals surface area contributed by atoms with E-state index >= 15 is 0 Å². The number of nitrogens with one attached hydrogen (secondary N) is 1. The normalized spacial score (nSPS) is 17.5. The molecule has 23 heavy (non-hydrogen) atoms. The topological polar surface area (TPSA) is 62.3 Å². The Hall–Kier alpha value is -2.21. The van der Waals surface area contributed by atoms with Crippen LogP contribution in [0.15, 0.2) is 35.7 Å². The summed E-state index contributed by atoms with van der Waals surface area (Å²) in [7, 11) is 0. The van der Waals surface area contributed by atoms with Gasteiger partial charge in [0.1, 0.15) is 5.01 Å². The Morgan fingerprint density at radius 1 is 1.39 bits per heavy atom. The number of rotatable bonds is 5. The van der Waals surface area contributed by atoms with Gasteiger partial charge in [0, 0.05) is 30.6 Å². The molecule has 1 aromatic carbocycles. The summed E-state index contributed by atoms with van der Waals surface area (Å²) < 4.78 is 0. The lowest BCUT2D eigenvalue weighted by Gasteiger charge is -2.16. The van der Waals surface area contributed by atoms with E-state index in [0.717, 1.165) is 16.3 Å². The first kappa shape index (κ1) is 15.7. The van der Waals surface area contributed by atoms with Crippen molar-refractivity contribution in [2.75, 3.05) is 6.54 Å². The van der Waals surface area contributed by atoms with Crippen molar-refractivity contribution in [3.63, 3.8) is 0 Å². The van der Waals surface area contributed by atoms with E-state index in [1.54, 1.807) is 4.90 Å². The zero-order valence-electron chi connectivity index (χ0n) is 13.0. The third kappa shape index (κ3) is 3.96. The Labute approximate surface area is 139 Å². The molecule has 1 fully saturated rings. The molecule has 120 valence electrons. The molecule has 0 unspecified atom stereocenters. The van der Waals surface area contributed by atoms with Gasteiger partial charge in [-0.3, -0.25) is 9.59 Å². The van der Waals surface area contributed by atoms with E-state index in [9.17, 15) is 9.59 Å². The van der Waals surface area contributed by atoms with Crippen LogP contribution in [0.3, 0.4) is 0 Å². The molecule has 1 aliphatic heterocycles. The van der Waals surface area contributed by atoms with Crippen LogP contribution in [-0.2, 0) is 22.7 Å². The van der Waals surface area contributed by atoms with Gasteiger partial charge < -0.3 is 10.2 Å². The SMILES string of the molecule is Cc1csc(CNC(=O)[C@@H]2CC(=O)N(Cc3ccccc3)C2)n1. The van der Waals surface area contributed by atoms with Crippen LogP contribution in [0.25, 0.3) is 0 Å². The maximum Gasteiger partial charge on any atom is 0.225 e. The van der Waals surface area contributed by atoms with Crippen LogP contribution in [0.5, 0.6) is 0 Å². The number of hydrogen-bond donors (Lipinski definition) is 1. The molecule has 1 aliphatic rings. The first-order valence-electron chi connectivity index (χ1n) is 7.62. The Morgan fingerprint density at radius 3 is 2.87 bits per heavy atom. The highest BCUT2D eigenvalue weighted by Crippen LogP contribution is 2.20. The number of aromatic nitrogens is 1. The highest BCUT2D eigenvalue weighted by molar-refractivity contribution is 7.09. The molecule has 1 N–H and O–H groups in total. The van der Waals surface area contributed by atoms with Crippen LogP contribution >= 0.6 is 11.3 Å². The van der Waals surface area contributed by atoms with E-state index in [2.05, 4.69) is 10.3 Å².